The van der Waals surface area contributed by atoms with Crippen molar-refractivity contribution in [3.05, 3.63) is 30.1 Å². The molecule has 0 unspecified atom stereocenters. The van der Waals surface area contributed by atoms with Crippen molar-refractivity contribution in [1.82, 2.24) is 14.9 Å². The predicted octanol–water partition coefficient (Wildman–Crippen LogP) is 2.36. The summed E-state index contributed by atoms with van der Waals surface area (Å²) in [6.07, 6.45) is 2.82. The minimum atomic E-state index is -0.988. The normalized spacial score (nSPS) is 12.3. The fraction of sp³-hybridized carbons (Fsp3) is 0.471. The standard InChI is InChI=1S/C17H23N3O3/c1-3-5-8-13(17(22)23)19-16(21)11-20-14-10-7-6-9-12(14)18-15(20)4-2/h6-7,9-10,13H,3-5,8,11H2,1-2H3,(H,19,21)(H,22,23)/t13-/m0/s1. The number of imidazole rings is 1. The fourth-order valence-electron chi connectivity index (χ4n) is 2.62. The van der Waals surface area contributed by atoms with Gasteiger partial charge in [0.1, 0.15) is 18.4 Å². The van der Waals surface area contributed by atoms with Crippen LogP contribution in [0.1, 0.15) is 38.9 Å². The van der Waals surface area contributed by atoms with Crippen molar-refractivity contribution in [2.75, 3.05) is 0 Å². The summed E-state index contributed by atoms with van der Waals surface area (Å²) in [4.78, 5) is 28.0. The molecule has 1 aromatic heterocycles. The lowest BCUT2D eigenvalue weighted by molar-refractivity contribution is -0.142. The number of nitrogens with zero attached hydrogens (tertiary/aromatic N) is 2. The SMILES string of the molecule is CCCC[C@H](NC(=O)Cn1c(CC)nc2ccccc21)C(=O)O. The monoisotopic (exact) mass is 317 g/mol. The molecule has 6 heteroatoms. The summed E-state index contributed by atoms with van der Waals surface area (Å²) >= 11 is 0. The number of hydrogen-bond acceptors (Lipinski definition) is 3. The Bertz CT molecular complexity index is 693. The number of carbonyl (C=O) groups is 2. The van der Waals surface area contributed by atoms with Crippen molar-refractivity contribution < 1.29 is 14.7 Å². The van der Waals surface area contributed by atoms with Gasteiger partial charge >= 0.3 is 5.97 Å². The summed E-state index contributed by atoms with van der Waals surface area (Å²) in [5.74, 6) is -0.467. The molecule has 1 amide bonds. The Balaban J connectivity index is 2.14. The molecule has 0 fully saturated rings. The number of carboxylic acid groups (broad SMARTS) is 1. The fourth-order valence-corrected chi connectivity index (χ4v) is 2.62. The molecule has 2 N–H and O–H groups in total. The zero-order valence-corrected chi connectivity index (χ0v) is 13.6. The van der Waals surface area contributed by atoms with Gasteiger partial charge in [0, 0.05) is 6.42 Å². The van der Waals surface area contributed by atoms with Gasteiger partial charge in [-0.25, -0.2) is 9.78 Å². The Hall–Kier alpha value is -2.37. The van der Waals surface area contributed by atoms with Crippen LogP contribution in [0.3, 0.4) is 0 Å². The van der Waals surface area contributed by atoms with Crippen molar-refractivity contribution in [2.24, 2.45) is 0 Å². The molecule has 0 aliphatic carbocycles. The van der Waals surface area contributed by atoms with Gasteiger partial charge in [-0.1, -0.05) is 38.8 Å². The van der Waals surface area contributed by atoms with Crippen LogP contribution in [0.5, 0.6) is 0 Å². The van der Waals surface area contributed by atoms with Crippen LogP contribution >= 0.6 is 0 Å². The highest BCUT2D eigenvalue weighted by Gasteiger charge is 2.20. The Morgan fingerprint density at radius 2 is 2.04 bits per heavy atom. The molecule has 0 aliphatic heterocycles. The molecule has 6 nitrogen and oxygen atoms in total. The molecule has 23 heavy (non-hydrogen) atoms. The van der Waals surface area contributed by atoms with Crippen molar-refractivity contribution in [1.29, 1.82) is 0 Å². The van der Waals surface area contributed by atoms with Gasteiger partial charge in [-0.05, 0) is 18.6 Å². The molecule has 1 heterocycles. The van der Waals surface area contributed by atoms with Crippen LogP contribution in [0.2, 0.25) is 0 Å². The summed E-state index contributed by atoms with van der Waals surface area (Å²) in [6.45, 7) is 4.06. The first-order valence-corrected chi connectivity index (χ1v) is 8.03. The molecule has 0 spiro atoms. The average molecular weight is 317 g/mol. The number of aliphatic carboxylic acids is 1. The smallest absolute Gasteiger partial charge is 0.326 e. The van der Waals surface area contributed by atoms with Gasteiger partial charge in [-0.15, -0.1) is 0 Å². The number of aryl methyl sites for hydroxylation is 1. The van der Waals surface area contributed by atoms with Crippen LogP contribution in [-0.4, -0.2) is 32.6 Å². The number of nitrogens with one attached hydrogen (secondary N) is 1. The molecule has 1 atom stereocenters. The molecule has 124 valence electrons. The number of para-hydroxylation sites is 2. The van der Waals surface area contributed by atoms with E-state index in [2.05, 4.69) is 10.3 Å². The summed E-state index contributed by atoms with van der Waals surface area (Å²) in [5.41, 5.74) is 1.73. The Kier molecular flexibility index (Phi) is 5.73. The maximum absolute atomic E-state index is 12.3. The van der Waals surface area contributed by atoms with Gasteiger partial charge in [-0.3, -0.25) is 4.79 Å². The van der Waals surface area contributed by atoms with E-state index in [1.165, 1.54) is 0 Å². The van der Waals surface area contributed by atoms with Crippen LogP contribution in [0.15, 0.2) is 24.3 Å². The van der Waals surface area contributed by atoms with Gasteiger partial charge in [0.2, 0.25) is 5.91 Å². The van der Waals surface area contributed by atoms with Crippen molar-refractivity contribution >= 4 is 22.9 Å². The lowest BCUT2D eigenvalue weighted by Gasteiger charge is -2.15. The molecule has 1 aromatic carbocycles. The predicted molar refractivity (Wildman–Crippen MR) is 88.2 cm³/mol. The van der Waals surface area contributed by atoms with E-state index < -0.39 is 12.0 Å². The Morgan fingerprint density at radius 1 is 1.30 bits per heavy atom. The number of benzene rings is 1. The van der Waals surface area contributed by atoms with E-state index in [4.69, 9.17) is 0 Å². The number of rotatable bonds is 8. The molecule has 2 aromatic rings. The molecular formula is C17H23N3O3. The largest absolute Gasteiger partial charge is 0.480 e. The molecule has 2 rings (SSSR count). The second kappa shape index (κ2) is 7.76. The highest BCUT2D eigenvalue weighted by molar-refractivity contribution is 5.85. The third kappa shape index (κ3) is 4.09. The van der Waals surface area contributed by atoms with Crippen LogP contribution < -0.4 is 5.32 Å². The second-order valence-electron chi connectivity index (χ2n) is 5.56. The van der Waals surface area contributed by atoms with Crippen molar-refractivity contribution in [3.8, 4) is 0 Å². The van der Waals surface area contributed by atoms with E-state index >= 15 is 0 Å². The first kappa shape index (κ1) is 17.0. The molecule has 0 radical (unpaired) electrons. The average Bonchev–Trinajstić information content (AvgIpc) is 2.89. The van der Waals surface area contributed by atoms with E-state index in [0.29, 0.717) is 12.8 Å². The number of hydrogen-bond donors (Lipinski definition) is 2. The maximum Gasteiger partial charge on any atom is 0.326 e. The number of amides is 1. The van der Waals surface area contributed by atoms with E-state index in [1.54, 1.807) is 0 Å². The first-order valence-electron chi connectivity index (χ1n) is 8.03. The molecule has 0 bridgehead atoms. The summed E-state index contributed by atoms with van der Waals surface area (Å²) in [5, 5.41) is 11.8. The highest BCUT2D eigenvalue weighted by Crippen LogP contribution is 2.16. The topological polar surface area (TPSA) is 84.2 Å². The van der Waals surface area contributed by atoms with Crippen LogP contribution in [0.25, 0.3) is 11.0 Å². The number of unbranched alkanes of at least 4 members (excludes halogenated alkanes) is 1. The van der Waals surface area contributed by atoms with Crippen LogP contribution in [0.4, 0.5) is 0 Å². The summed E-state index contributed by atoms with van der Waals surface area (Å²) < 4.78 is 1.85. The third-order valence-electron chi connectivity index (χ3n) is 3.83. The molecule has 0 saturated heterocycles. The lowest BCUT2D eigenvalue weighted by atomic mass is 10.1. The Labute approximate surface area is 135 Å². The van der Waals surface area contributed by atoms with Gasteiger partial charge in [0.15, 0.2) is 0 Å². The molecular weight excluding hydrogens is 294 g/mol. The van der Waals surface area contributed by atoms with E-state index in [-0.39, 0.29) is 12.5 Å². The summed E-state index contributed by atoms with van der Waals surface area (Å²) in [7, 11) is 0. The van der Waals surface area contributed by atoms with Crippen molar-refractivity contribution in [2.45, 2.75) is 52.1 Å². The first-order chi connectivity index (χ1) is 11.1. The van der Waals surface area contributed by atoms with Gasteiger partial charge < -0.3 is 15.0 Å². The van der Waals surface area contributed by atoms with Crippen molar-refractivity contribution in [3.63, 3.8) is 0 Å². The minimum Gasteiger partial charge on any atom is -0.480 e. The van der Waals surface area contributed by atoms with E-state index in [9.17, 15) is 14.7 Å². The zero-order valence-electron chi connectivity index (χ0n) is 13.6. The van der Waals surface area contributed by atoms with Gasteiger partial charge in [-0.2, -0.15) is 0 Å². The number of carbonyl (C=O) groups excluding carboxylic acids is 1. The zero-order chi connectivity index (χ0) is 16.8. The quantitative estimate of drug-likeness (QED) is 0.783. The second-order valence-corrected chi connectivity index (χ2v) is 5.56. The number of carboxylic acids is 1. The lowest BCUT2D eigenvalue weighted by Crippen LogP contribution is -2.42. The van der Waals surface area contributed by atoms with Crippen LogP contribution in [0, 0.1) is 0 Å². The maximum atomic E-state index is 12.3. The highest BCUT2D eigenvalue weighted by atomic mass is 16.4. The van der Waals surface area contributed by atoms with Gasteiger partial charge in [0.05, 0.1) is 11.0 Å². The number of fused-ring (bicyclic) bond motifs is 1. The van der Waals surface area contributed by atoms with E-state index in [1.807, 2.05) is 42.7 Å². The third-order valence-corrected chi connectivity index (χ3v) is 3.83. The van der Waals surface area contributed by atoms with E-state index in [0.717, 1.165) is 29.7 Å². The molecule has 0 saturated carbocycles. The summed E-state index contributed by atoms with van der Waals surface area (Å²) in [6, 6.07) is 6.80. The van der Waals surface area contributed by atoms with Crippen LogP contribution in [-0.2, 0) is 22.6 Å². The number of aromatic nitrogens is 2. The van der Waals surface area contributed by atoms with Gasteiger partial charge in [0.25, 0.3) is 0 Å². The molecule has 0 aliphatic rings. The minimum absolute atomic E-state index is 0.0829. The Morgan fingerprint density at radius 3 is 2.70 bits per heavy atom.